The number of hydrogen-bond donors (Lipinski definition) is 2. The van der Waals surface area contributed by atoms with Gasteiger partial charge >= 0.3 is 0 Å². The molecule has 0 spiro atoms. The lowest BCUT2D eigenvalue weighted by Gasteiger charge is -2.40. The Morgan fingerprint density at radius 1 is 1.30 bits per heavy atom. The molecule has 2 atom stereocenters. The molecule has 0 aromatic heterocycles. The molecule has 20 heavy (non-hydrogen) atoms. The average Bonchev–Trinajstić information content (AvgIpc) is 2.61. The molecule has 5 heteroatoms. The molecule has 2 unspecified atom stereocenters. The average molecular weight is 277 g/mol. The standard InChI is InChI=1S/C15H27N5/c1-4-5-12(18-15(16)17)8-11(2)20-9-13-6-7-14(10-20)19(13)3/h8,13-14H,2,4-7,9-10H2,1,3H3,(H4,16,17,18)/b12-8-. The highest BCUT2D eigenvalue weighted by atomic mass is 15.3. The van der Waals surface area contributed by atoms with Crippen LogP contribution in [0, 0.1) is 0 Å². The molecule has 2 aliphatic heterocycles. The second-order valence-electron chi connectivity index (χ2n) is 5.87. The second-order valence-corrected chi connectivity index (χ2v) is 5.87. The third kappa shape index (κ3) is 3.33. The number of allylic oxidation sites excluding steroid dienone is 2. The quantitative estimate of drug-likeness (QED) is 0.450. The topological polar surface area (TPSA) is 70.9 Å². The highest BCUT2D eigenvalue weighted by Crippen LogP contribution is 2.30. The van der Waals surface area contributed by atoms with E-state index in [1.165, 1.54) is 12.8 Å². The molecule has 0 amide bonds. The van der Waals surface area contributed by atoms with Crippen LogP contribution in [0.25, 0.3) is 0 Å². The Labute approximate surface area is 122 Å². The van der Waals surface area contributed by atoms with Crippen LogP contribution in [0.15, 0.2) is 29.0 Å². The number of nitrogens with two attached hydrogens (primary N) is 2. The molecule has 112 valence electrons. The van der Waals surface area contributed by atoms with Gasteiger partial charge in [0.1, 0.15) is 0 Å². The zero-order valence-electron chi connectivity index (χ0n) is 12.7. The minimum absolute atomic E-state index is 0.121. The number of guanidine groups is 1. The first-order valence-corrected chi connectivity index (χ1v) is 7.47. The van der Waals surface area contributed by atoms with E-state index in [0.29, 0.717) is 12.1 Å². The largest absolute Gasteiger partial charge is 0.370 e. The SMILES string of the molecule is C=C(/C=C(/CCC)N=C(N)N)N1CC2CCC(C1)N2C. The first-order chi connectivity index (χ1) is 9.51. The predicted molar refractivity (Wildman–Crippen MR) is 84.1 cm³/mol. The van der Waals surface area contributed by atoms with Crippen molar-refractivity contribution in [2.24, 2.45) is 16.5 Å². The van der Waals surface area contributed by atoms with Crippen molar-refractivity contribution >= 4 is 5.96 Å². The molecule has 2 aliphatic rings. The van der Waals surface area contributed by atoms with Crippen LogP contribution in [-0.2, 0) is 0 Å². The summed E-state index contributed by atoms with van der Waals surface area (Å²) in [6.45, 7) is 8.45. The molecule has 0 saturated carbocycles. The summed E-state index contributed by atoms with van der Waals surface area (Å²) >= 11 is 0. The Kier molecular flexibility index (Phi) is 4.70. The maximum Gasteiger partial charge on any atom is 0.190 e. The van der Waals surface area contributed by atoms with Gasteiger partial charge in [0.05, 0.1) is 0 Å². The van der Waals surface area contributed by atoms with E-state index in [9.17, 15) is 0 Å². The number of nitrogens with zero attached hydrogens (tertiary/aromatic N) is 3. The zero-order valence-corrected chi connectivity index (χ0v) is 12.7. The van der Waals surface area contributed by atoms with Gasteiger partial charge in [-0.05, 0) is 32.4 Å². The van der Waals surface area contributed by atoms with Gasteiger partial charge in [0.15, 0.2) is 5.96 Å². The van der Waals surface area contributed by atoms with Gasteiger partial charge in [0.25, 0.3) is 0 Å². The number of likely N-dealkylation sites (tertiary alicyclic amines) is 1. The van der Waals surface area contributed by atoms with E-state index < -0.39 is 0 Å². The number of hydrogen-bond acceptors (Lipinski definition) is 3. The fraction of sp³-hybridized carbons (Fsp3) is 0.667. The van der Waals surface area contributed by atoms with Gasteiger partial charge in [-0.3, -0.25) is 4.90 Å². The number of piperazine rings is 1. The first-order valence-electron chi connectivity index (χ1n) is 7.47. The third-order valence-corrected chi connectivity index (χ3v) is 4.37. The molecule has 0 radical (unpaired) electrons. The van der Waals surface area contributed by atoms with Gasteiger partial charge in [-0.15, -0.1) is 0 Å². The van der Waals surface area contributed by atoms with Crippen LogP contribution in [0.1, 0.15) is 32.6 Å². The molecule has 5 nitrogen and oxygen atoms in total. The van der Waals surface area contributed by atoms with E-state index in [1.54, 1.807) is 0 Å². The van der Waals surface area contributed by atoms with E-state index in [4.69, 9.17) is 11.5 Å². The minimum Gasteiger partial charge on any atom is -0.370 e. The maximum atomic E-state index is 5.49. The fourth-order valence-corrected chi connectivity index (χ4v) is 3.21. The van der Waals surface area contributed by atoms with Gasteiger partial charge < -0.3 is 16.4 Å². The van der Waals surface area contributed by atoms with Crippen LogP contribution in [0.5, 0.6) is 0 Å². The molecule has 2 rings (SSSR count). The lowest BCUT2D eigenvalue weighted by molar-refractivity contribution is 0.115. The third-order valence-electron chi connectivity index (χ3n) is 4.37. The molecule has 0 aliphatic carbocycles. The normalized spacial score (nSPS) is 26.7. The van der Waals surface area contributed by atoms with Crippen LogP contribution in [0.4, 0.5) is 0 Å². The fourth-order valence-electron chi connectivity index (χ4n) is 3.21. The summed E-state index contributed by atoms with van der Waals surface area (Å²) in [5.74, 6) is 0.121. The van der Waals surface area contributed by atoms with Gasteiger partial charge in [0.2, 0.25) is 0 Å². The Morgan fingerprint density at radius 3 is 2.40 bits per heavy atom. The van der Waals surface area contributed by atoms with Crippen LogP contribution in [0.3, 0.4) is 0 Å². The predicted octanol–water partition coefficient (Wildman–Crippen LogP) is 1.24. The summed E-state index contributed by atoms with van der Waals surface area (Å²) in [5.41, 5.74) is 12.9. The van der Waals surface area contributed by atoms with Gasteiger partial charge in [-0.1, -0.05) is 19.9 Å². The van der Waals surface area contributed by atoms with Crippen molar-refractivity contribution in [1.29, 1.82) is 0 Å². The van der Waals surface area contributed by atoms with Crippen LogP contribution < -0.4 is 11.5 Å². The van der Waals surface area contributed by atoms with E-state index in [1.807, 2.05) is 6.08 Å². The van der Waals surface area contributed by atoms with Crippen molar-refractivity contribution < 1.29 is 0 Å². The monoisotopic (exact) mass is 277 g/mol. The molecule has 2 bridgehead atoms. The van der Waals surface area contributed by atoms with Crippen molar-refractivity contribution in [3.05, 3.63) is 24.0 Å². The lowest BCUT2D eigenvalue weighted by Crippen LogP contribution is -2.51. The molecule has 0 aromatic rings. The van der Waals surface area contributed by atoms with E-state index in [0.717, 1.165) is 37.3 Å². The second kappa shape index (κ2) is 6.31. The maximum absolute atomic E-state index is 5.49. The van der Waals surface area contributed by atoms with Gasteiger partial charge in [-0.25, -0.2) is 4.99 Å². The Hall–Kier alpha value is -1.49. The molecule has 0 aromatic carbocycles. The summed E-state index contributed by atoms with van der Waals surface area (Å²) in [4.78, 5) is 9.09. The summed E-state index contributed by atoms with van der Waals surface area (Å²) in [5, 5.41) is 0. The van der Waals surface area contributed by atoms with Gasteiger partial charge in [0, 0.05) is 36.6 Å². The van der Waals surface area contributed by atoms with Crippen LogP contribution in [-0.4, -0.2) is 48.0 Å². The molecule has 2 saturated heterocycles. The number of aliphatic imine (C=N–C) groups is 1. The minimum atomic E-state index is 0.121. The van der Waals surface area contributed by atoms with Crippen molar-refractivity contribution in [1.82, 2.24) is 9.80 Å². The summed E-state index contributed by atoms with van der Waals surface area (Å²) in [6, 6.07) is 1.33. The van der Waals surface area contributed by atoms with Crippen molar-refractivity contribution in [2.45, 2.75) is 44.7 Å². The molecule has 2 fully saturated rings. The van der Waals surface area contributed by atoms with E-state index >= 15 is 0 Å². The lowest BCUT2D eigenvalue weighted by atomic mass is 10.1. The summed E-state index contributed by atoms with van der Waals surface area (Å²) in [6.07, 6.45) is 6.52. The Balaban J connectivity index is 2.05. The van der Waals surface area contributed by atoms with Crippen LogP contribution in [0.2, 0.25) is 0 Å². The molecule has 4 N–H and O–H groups in total. The Morgan fingerprint density at radius 2 is 1.90 bits per heavy atom. The highest BCUT2D eigenvalue weighted by molar-refractivity contribution is 5.76. The van der Waals surface area contributed by atoms with Crippen molar-refractivity contribution in [3.63, 3.8) is 0 Å². The zero-order chi connectivity index (χ0) is 14.7. The van der Waals surface area contributed by atoms with Crippen LogP contribution >= 0.6 is 0 Å². The summed E-state index contributed by atoms with van der Waals surface area (Å²) < 4.78 is 0. The Bertz CT molecular complexity index is 408. The molecular weight excluding hydrogens is 250 g/mol. The molecular formula is C15H27N5. The van der Waals surface area contributed by atoms with Crippen molar-refractivity contribution in [3.8, 4) is 0 Å². The summed E-state index contributed by atoms with van der Waals surface area (Å²) in [7, 11) is 2.24. The van der Waals surface area contributed by atoms with E-state index in [-0.39, 0.29) is 5.96 Å². The number of fused-ring (bicyclic) bond motifs is 2. The number of rotatable bonds is 5. The highest BCUT2D eigenvalue weighted by Gasteiger charge is 2.37. The van der Waals surface area contributed by atoms with Gasteiger partial charge in [-0.2, -0.15) is 0 Å². The van der Waals surface area contributed by atoms with Crippen molar-refractivity contribution in [2.75, 3.05) is 20.1 Å². The smallest absolute Gasteiger partial charge is 0.190 e. The molecule has 2 heterocycles. The first kappa shape index (κ1) is 14.9. The number of likely N-dealkylation sites (N-methyl/N-ethyl adjacent to an activating group) is 1. The van der Waals surface area contributed by atoms with E-state index in [2.05, 4.69) is 35.3 Å².